The van der Waals surface area contributed by atoms with Crippen LogP contribution in [0.5, 0.6) is 0 Å². The van der Waals surface area contributed by atoms with Crippen molar-refractivity contribution in [2.24, 2.45) is 5.92 Å². The maximum atomic E-state index is 4.83. The van der Waals surface area contributed by atoms with Crippen LogP contribution in [0.1, 0.15) is 42.6 Å². The fraction of sp³-hybridized carbons (Fsp3) is 0.189. The van der Waals surface area contributed by atoms with Crippen molar-refractivity contribution < 1.29 is 9.13 Å². The summed E-state index contributed by atoms with van der Waals surface area (Å²) in [4.78, 5) is 0. The summed E-state index contributed by atoms with van der Waals surface area (Å²) in [5, 5.41) is 0. The molecule has 0 saturated carbocycles. The van der Waals surface area contributed by atoms with Crippen LogP contribution in [0.4, 0.5) is 0 Å². The minimum Gasteiger partial charge on any atom is -0.182 e. The van der Waals surface area contributed by atoms with Crippen molar-refractivity contribution in [3.63, 3.8) is 0 Å². The average molecular weight is 507 g/mol. The third kappa shape index (κ3) is 3.94. The Morgan fingerprint density at radius 3 is 2.36 bits per heavy atom. The van der Waals surface area contributed by atoms with E-state index in [2.05, 4.69) is 138 Å². The van der Waals surface area contributed by atoms with Gasteiger partial charge in [0.1, 0.15) is 0 Å². The fourth-order valence-corrected chi connectivity index (χ4v) is 6.80. The van der Waals surface area contributed by atoms with Crippen LogP contribution in [0.25, 0.3) is 39.3 Å². The van der Waals surface area contributed by atoms with E-state index in [4.69, 9.17) is 6.58 Å². The predicted molar refractivity (Wildman–Crippen MR) is 159 cm³/mol. The first-order valence-corrected chi connectivity index (χ1v) is 14.1. The van der Waals surface area contributed by atoms with Gasteiger partial charge in [-0.25, -0.2) is 0 Å². The Labute approximate surface area is 231 Å². The number of rotatable bonds is 3. The Morgan fingerprint density at radius 1 is 0.744 bits per heavy atom. The van der Waals surface area contributed by atoms with E-state index in [1.807, 2.05) is 0 Å². The smallest absolute Gasteiger partial charge is 0.182 e. The van der Waals surface area contributed by atoms with E-state index in [1.165, 1.54) is 50.5 Å². The summed E-state index contributed by atoms with van der Waals surface area (Å²) in [7, 11) is 0. The quantitative estimate of drug-likeness (QED) is 0.220. The molecule has 0 fully saturated rings. The third-order valence-corrected chi connectivity index (χ3v) is 8.47. The molecule has 0 saturated heterocycles. The first-order chi connectivity index (χ1) is 19.1. The van der Waals surface area contributed by atoms with Gasteiger partial charge in [-0.2, -0.15) is 9.13 Å². The lowest BCUT2D eigenvalue weighted by Gasteiger charge is -2.33. The molecule has 0 N–H and O–H groups in total. The van der Waals surface area contributed by atoms with Crippen molar-refractivity contribution in [1.82, 2.24) is 0 Å². The summed E-state index contributed by atoms with van der Waals surface area (Å²) >= 11 is 0. The normalized spacial score (nSPS) is 17.3. The summed E-state index contributed by atoms with van der Waals surface area (Å²) in [6.45, 7) is 9.45. The molecule has 5 aromatic rings. The van der Waals surface area contributed by atoms with E-state index in [1.54, 1.807) is 0 Å². The molecular formula is C37H34N2+2. The second-order valence-corrected chi connectivity index (χ2v) is 11.4. The minimum atomic E-state index is 0.123. The maximum Gasteiger partial charge on any atom is 0.249 e. The number of pyridine rings is 2. The molecule has 2 nitrogen and oxygen atoms in total. The lowest BCUT2D eigenvalue weighted by molar-refractivity contribution is -0.733. The molecule has 3 aromatic carbocycles. The first kappa shape index (κ1) is 23.8. The number of aromatic nitrogens is 2. The van der Waals surface area contributed by atoms with Gasteiger partial charge in [0.05, 0.1) is 11.5 Å². The first-order valence-electron chi connectivity index (χ1n) is 14.1. The van der Waals surface area contributed by atoms with Crippen molar-refractivity contribution in [2.45, 2.75) is 38.6 Å². The van der Waals surface area contributed by atoms with Crippen molar-refractivity contribution in [3.05, 3.63) is 139 Å². The highest BCUT2D eigenvalue weighted by molar-refractivity contribution is 5.74. The minimum absolute atomic E-state index is 0.123. The highest BCUT2D eigenvalue weighted by Gasteiger charge is 2.48. The summed E-state index contributed by atoms with van der Waals surface area (Å²) in [5.41, 5.74) is 12.9. The molecule has 2 unspecified atom stereocenters. The van der Waals surface area contributed by atoms with Crippen molar-refractivity contribution in [3.8, 4) is 33.6 Å². The molecule has 2 aromatic heterocycles. The second-order valence-electron chi connectivity index (χ2n) is 11.4. The lowest BCUT2D eigenvalue weighted by Crippen LogP contribution is -2.56. The molecule has 4 heterocycles. The standard InChI is InChI=1S/C37H34N2/c1-25(2)22-30-14-11-18-36-32-16-8-7-15-31(32)34-24-29-20-19-28(27-12-5-4-6-13-27)23-33(29)35-17-9-10-21-38(35)26(3)37(34)39(30)36/h4-21,23,25,34,37H,3,22,24H2,1-2H3/q+2. The van der Waals surface area contributed by atoms with Gasteiger partial charge in [-0.15, -0.1) is 0 Å². The summed E-state index contributed by atoms with van der Waals surface area (Å²) in [6.07, 6.45) is 4.20. The van der Waals surface area contributed by atoms with Gasteiger partial charge < -0.3 is 0 Å². The molecule has 190 valence electrons. The molecule has 7 rings (SSSR count). The molecule has 0 amide bonds. The van der Waals surface area contributed by atoms with Crippen LogP contribution in [0, 0.1) is 5.92 Å². The van der Waals surface area contributed by atoms with Crippen molar-refractivity contribution >= 4 is 5.70 Å². The van der Waals surface area contributed by atoms with Crippen LogP contribution < -0.4 is 9.13 Å². The zero-order valence-corrected chi connectivity index (χ0v) is 22.7. The lowest BCUT2D eigenvalue weighted by atomic mass is 9.76. The van der Waals surface area contributed by atoms with Gasteiger partial charge in [0.15, 0.2) is 11.9 Å². The van der Waals surface area contributed by atoms with Gasteiger partial charge in [-0.05, 0) is 65.4 Å². The maximum absolute atomic E-state index is 4.83. The average Bonchev–Trinajstić information content (AvgIpc) is 2.97. The van der Waals surface area contributed by atoms with Gasteiger partial charge >= 0.3 is 0 Å². The van der Waals surface area contributed by atoms with Gasteiger partial charge in [0.25, 0.3) is 0 Å². The number of benzene rings is 3. The summed E-state index contributed by atoms with van der Waals surface area (Å²) in [5.74, 6) is 0.847. The zero-order valence-electron chi connectivity index (χ0n) is 22.7. The monoisotopic (exact) mass is 506 g/mol. The molecule has 2 aliphatic heterocycles. The van der Waals surface area contributed by atoms with Crippen LogP contribution in [0.15, 0.2) is 122 Å². The highest BCUT2D eigenvalue weighted by atomic mass is 15.1. The van der Waals surface area contributed by atoms with Crippen molar-refractivity contribution in [2.75, 3.05) is 0 Å². The van der Waals surface area contributed by atoms with Crippen LogP contribution in [0.2, 0.25) is 0 Å². The van der Waals surface area contributed by atoms with Crippen LogP contribution in [-0.2, 0) is 12.8 Å². The third-order valence-electron chi connectivity index (χ3n) is 8.47. The zero-order chi connectivity index (χ0) is 26.5. The molecule has 0 aliphatic carbocycles. The molecule has 2 heteroatoms. The molecule has 0 radical (unpaired) electrons. The Hall–Kier alpha value is -4.30. The van der Waals surface area contributed by atoms with E-state index in [0.29, 0.717) is 5.92 Å². The van der Waals surface area contributed by atoms with Crippen LogP contribution in [-0.4, -0.2) is 0 Å². The number of hydrogen-bond donors (Lipinski definition) is 0. The van der Waals surface area contributed by atoms with E-state index < -0.39 is 0 Å². The van der Waals surface area contributed by atoms with E-state index in [9.17, 15) is 0 Å². The van der Waals surface area contributed by atoms with E-state index in [-0.39, 0.29) is 12.0 Å². The van der Waals surface area contributed by atoms with E-state index >= 15 is 0 Å². The second kappa shape index (κ2) is 9.47. The largest absolute Gasteiger partial charge is 0.249 e. The topological polar surface area (TPSA) is 7.76 Å². The molecule has 39 heavy (non-hydrogen) atoms. The van der Waals surface area contributed by atoms with Gasteiger partial charge in [-0.3, -0.25) is 0 Å². The van der Waals surface area contributed by atoms with Crippen LogP contribution >= 0.6 is 0 Å². The molecule has 2 atom stereocenters. The summed E-state index contributed by atoms with van der Waals surface area (Å²) in [6, 6.07) is 40.3. The van der Waals surface area contributed by atoms with E-state index in [0.717, 1.165) is 18.5 Å². The van der Waals surface area contributed by atoms with Crippen molar-refractivity contribution in [1.29, 1.82) is 0 Å². The Morgan fingerprint density at radius 2 is 1.51 bits per heavy atom. The number of allylic oxidation sites excluding steroid dienone is 1. The summed E-state index contributed by atoms with van der Waals surface area (Å²) < 4.78 is 4.96. The molecular weight excluding hydrogens is 472 g/mol. The van der Waals surface area contributed by atoms with Crippen LogP contribution in [0.3, 0.4) is 0 Å². The fourth-order valence-electron chi connectivity index (χ4n) is 6.80. The number of hydrogen-bond acceptors (Lipinski definition) is 0. The van der Waals surface area contributed by atoms with Gasteiger partial charge in [0, 0.05) is 36.2 Å². The Bertz CT molecular complexity index is 1710. The predicted octanol–water partition coefficient (Wildman–Crippen LogP) is 7.83. The number of nitrogens with zero attached hydrogens (tertiary/aromatic N) is 2. The Balaban J connectivity index is 1.49. The number of fused-ring (bicyclic) bond motifs is 9. The molecule has 0 bridgehead atoms. The molecule has 0 spiro atoms. The van der Waals surface area contributed by atoms with Gasteiger partial charge in [0.2, 0.25) is 23.1 Å². The highest BCUT2D eigenvalue weighted by Crippen LogP contribution is 2.46. The van der Waals surface area contributed by atoms with Gasteiger partial charge in [-0.1, -0.05) is 74.5 Å². The Kier molecular flexibility index (Phi) is 5.77. The molecule has 2 aliphatic rings. The SMILES string of the molecule is C=C1C2C(Cc3ccc(-c4ccccc4)cc3-c3cccc[n+]31)c1ccccc1-c1cccc(CC(C)C)[n+]12.